The summed E-state index contributed by atoms with van der Waals surface area (Å²) in [5.41, 5.74) is 5.31. The highest BCUT2D eigenvalue weighted by molar-refractivity contribution is 5.82. The van der Waals surface area contributed by atoms with Crippen molar-refractivity contribution in [1.82, 2.24) is 0 Å². The molecule has 0 aliphatic carbocycles. The summed E-state index contributed by atoms with van der Waals surface area (Å²) in [6.45, 7) is 3.21. The molecule has 1 aromatic carbocycles. The minimum atomic E-state index is -2.66. The highest BCUT2D eigenvalue weighted by atomic mass is 19.3. The third-order valence-electron chi connectivity index (χ3n) is 2.99. The van der Waals surface area contributed by atoms with Crippen LogP contribution >= 0.6 is 0 Å². The van der Waals surface area contributed by atoms with Crippen molar-refractivity contribution in [3.05, 3.63) is 35.6 Å². The molecule has 0 bridgehead atoms. The molecule has 0 aliphatic heterocycles. The van der Waals surface area contributed by atoms with Gasteiger partial charge in [0.05, 0.1) is 0 Å². The lowest BCUT2D eigenvalue weighted by molar-refractivity contribution is 0.0504. The van der Waals surface area contributed by atoms with Crippen LogP contribution in [0.1, 0.15) is 25.2 Å². The first kappa shape index (κ1) is 12.0. The van der Waals surface area contributed by atoms with E-state index in [1.807, 2.05) is 25.1 Å². The summed E-state index contributed by atoms with van der Waals surface area (Å²) >= 11 is 0. The molecule has 0 fully saturated rings. The maximum absolute atomic E-state index is 13.0. The second-order valence-electron chi connectivity index (χ2n) is 4.34. The first-order valence-corrected chi connectivity index (χ1v) is 5.56. The normalized spacial score (nSPS) is 15.4. The van der Waals surface area contributed by atoms with Gasteiger partial charge in [0, 0.05) is 10.9 Å². The molecule has 1 aromatic heterocycles. The van der Waals surface area contributed by atoms with Crippen LogP contribution in [0.4, 0.5) is 8.78 Å². The summed E-state index contributed by atoms with van der Waals surface area (Å²) < 4.78 is 31.4. The molecule has 17 heavy (non-hydrogen) atoms. The van der Waals surface area contributed by atoms with Crippen molar-refractivity contribution in [1.29, 1.82) is 0 Å². The van der Waals surface area contributed by atoms with E-state index >= 15 is 0 Å². The van der Waals surface area contributed by atoms with Gasteiger partial charge in [-0.05, 0) is 19.4 Å². The van der Waals surface area contributed by atoms with Gasteiger partial charge in [-0.1, -0.05) is 25.1 Å². The molecule has 0 aliphatic rings. The number of aryl methyl sites for hydroxylation is 1. The number of alkyl halides is 2. The Morgan fingerprint density at radius 2 is 2.00 bits per heavy atom. The monoisotopic (exact) mass is 239 g/mol. The number of rotatable bonds is 3. The molecule has 0 saturated heterocycles. The number of hydrogen-bond acceptors (Lipinski definition) is 2. The summed E-state index contributed by atoms with van der Waals surface area (Å²) in [5, 5.41) is 0.863. The van der Waals surface area contributed by atoms with Crippen molar-refractivity contribution in [2.75, 3.05) is 0 Å². The zero-order valence-electron chi connectivity index (χ0n) is 9.84. The van der Waals surface area contributed by atoms with Gasteiger partial charge in [0.2, 0.25) is 0 Å². The van der Waals surface area contributed by atoms with Crippen LogP contribution in [0.3, 0.4) is 0 Å². The Hall–Kier alpha value is -1.42. The SMILES string of the molecule is CCc1c(C(C)(N)C(F)F)oc2ccccc12. The van der Waals surface area contributed by atoms with E-state index in [-0.39, 0.29) is 5.76 Å². The number of nitrogens with two attached hydrogens (primary N) is 1. The lowest BCUT2D eigenvalue weighted by Gasteiger charge is -2.22. The molecule has 1 atom stereocenters. The fourth-order valence-electron chi connectivity index (χ4n) is 1.98. The third-order valence-corrected chi connectivity index (χ3v) is 2.99. The van der Waals surface area contributed by atoms with Crippen LogP contribution in [0, 0.1) is 0 Å². The van der Waals surface area contributed by atoms with E-state index in [0.717, 1.165) is 10.9 Å². The molecular weight excluding hydrogens is 224 g/mol. The van der Waals surface area contributed by atoms with Gasteiger partial charge in [-0.3, -0.25) is 0 Å². The topological polar surface area (TPSA) is 39.2 Å². The number of benzene rings is 1. The Kier molecular flexibility index (Phi) is 2.91. The van der Waals surface area contributed by atoms with Gasteiger partial charge in [0.25, 0.3) is 6.43 Å². The smallest absolute Gasteiger partial charge is 0.263 e. The lowest BCUT2D eigenvalue weighted by Crippen LogP contribution is -2.41. The molecule has 0 spiro atoms. The average molecular weight is 239 g/mol. The van der Waals surface area contributed by atoms with Crippen molar-refractivity contribution < 1.29 is 13.2 Å². The lowest BCUT2D eigenvalue weighted by atomic mass is 9.95. The van der Waals surface area contributed by atoms with Gasteiger partial charge in [0.1, 0.15) is 16.9 Å². The van der Waals surface area contributed by atoms with Gasteiger partial charge in [-0.25, -0.2) is 8.78 Å². The van der Waals surface area contributed by atoms with Gasteiger partial charge in [-0.2, -0.15) is 0 Å². The zero-order valence-corrected chi connectivity index (χ0v) is 9.84. The Balaban J connectivity index is 2.69. The number of fused-ring (bicyclic) bond motifs is 1. The van der Waals surface area contributed by atoms with Crippen LogP contribution in [0.5, 0.6) is 0 Å². The van der Waals surface area contributed by atoms with Crippen LogP contribution in [-0.2, 0) is 12.0 Å². The fourth-order valence-corrected chi connectivity index (χ4v) is 1.98. The Bertz CT molecular complexity index is 531. The zero-order chi connectivity index (χ0) is 12.6. The largest absolute Gasteiger partial charge is 0.459 e. The predicted molar refractivity (Wildman–Crippen MR) is 63.1 cm³/mol. The Morgan fingerprint density at radius 1 is 1.35 bits per heavy atom. The minimum Gasteiger partial charge on any atom is -0.459 e. The summed E-state index contributed by atoms with van der Waals surface area (Å²) in [5.74, 6) is 0.191. The van der Waals surface area contributed by atoms with E-state index in [9.17, 15) is 8.78 Å². The van der Waals surface area contributed by atoms with Crippen molar-refractivity contribution in [2.24, 2.45) is 5.73 Å². The molecule has 2 nitrogen and oxygen atoms in total. The Labute approximate surface area is 98.4 Å². The molecule has 92 valence electrons. The third kappa shape index (κ3) is 1.82. The van der Waals surface area contributed by atoms with Crippen molar-refractivity contribution in [3.8, 4) is 0 Å². The number of furan rings is 1. The highest BCUT2D eigenvalue weighted by Gasteiger charge is 2.38. The second-order valence-corrected chi connectivity index (χ2v) is 4.34. The maximum atomic E-state index is 13.0. The average Bonchev–Trinajstić information content (AvgIpc) is 2.67. The summed E-state index contributed by atoms with van der Waals surface area (Å²) in [4.78, 5) is 0. The molecule has 0 amide bonds. The molecule has 2 rings (SSSR count). The van der Waals surface area contributed by atoms with Crippen LogP contribution in [-0.4, -0.2) is 6.43 Å². The molecule has 0 saturated carbocycles. The molecule has 1 heterocycles. The van der Waals surface area contributed by atoms with Gasteiger partial charge >= 0.3 is 0 Å². The first-order chi connectivity index (χ1) is 7.98. The highest BCUT2D eigenvalue weighted by Crippen LogP contribution is 2.35. The summed E-state index contributed by atoms with van der Waals surface area (Å²) in [6.07, 6.45) is -2.04. The first-order valence-electron chi connectivity index (χ1n) is 5.56. The number of para-hydroxylation sites is 1. The van der Waals surface area contributed by atoms with E-state index in [1.54, 1.807) is 6.07 Å². The molecule has 2 N–H and O–H groups in total. The second kappa shape index (κ2) is 4.11. The summed E-state index contributed by atoms with van der Waals surface area (Å²) in [7, 11) is 0. The van der Waals surface area contributed by atoms with Gasteiger partial charge in [-0.15, -0.1) is 0 Å². The molecule has 1 unspecified atom stereocenters. The molecule has 0 radical (unpaired) electrons. The Morgan fingerprint density at radius 3 is 2.59 bits per heavy atom. The maximum Gasteiger partial charge on any atom is 0.263 e. The van der Waals surface area contributed by atoms with E-state index in [2.05, 4.69) is 0 Å². The van der Waals surface area contributed by atoms with E-state index in [4.69, 9.17) is 10.2 Å². The van der Waals surface area contributed by atoms with Gasteiger partial charge in [0.15, 0.2) is 0 Å². The van der Waals surface area contributed by atoms with E-state index in [0.29, 0.717) is 12.0 Å². The molecular formula is C13H15F2NO. The molecule has 4 heteroatoms. The predicted octanol–water partition coefficient (Wildman–Crippen LogP) is 3.43. The summed E-state index contributed by atoms with van der Waals surface area (Å²) in [6, 6.07) is 7.30. The van der Waals surface area contributed by atoms with Crippen LogP contribution in [0.15, 0.2) is 28.7 Å². The van der Waals surface area contributed by atoms with Crippen LogP contribution < -0.4 is 5.73 Å². The fraction of sp³-hybridized carbons (Fsp3) is 0.385. The van der Waals surface area contributed by atoms with Crippen LogP contribution in [0.2, 0.25) is 0 Å². The quantitative estimate of drug-likeness (QED) is 0.891. The standard InChI is InChI=1S/C13H15F2NO/c1-3-8-9-6-4-5-7-10(9)17-11(8)13(2,16)12(14)15/h4-7,12H,3,16H2,1-2H3. The molecule has 2 aromatic rings. The van der Waals surface area contributed by atoms with Gasteiger partial charge < -0.3 is 10.2 Å². The van der Waals surface area contributed by atoms with Crippen molar-refractivity contribution in [2.45, 2.75) is 32.2 Å². The number of hydrogen-bond donors (Lipinski definition) is 1. The minimum absolute atomic E-state index is 0.191. The number of halogens is 2. The van der Waals surface area contributed by atoms with E-state index in [1.165, 1.54) is 6.92 Å². The van der Waals surface area contributed by atoms with Crippen molar-refractivity contribution >= 4 is 11.0 Å². The van der Waals surface area contributed by atoms with Crippen molar-refractivity contribution in [3.63, 3.8) is 0 Å². The van der Waals surface area contributed by atoms with Crippen LogP contribution in [0.25, 0.3) is 11.0 Å². The van der Waals surface area contributed by atoms with E-state index < -0.39 is 12.0 Å².